The van der Waals surface area contributed by atoms with Gasteiger partial charge in [-0.05, 0) is 22.4 Å². The van der Waals surface area contributed by atoms with Gasteiger partial charge in [-0.1, -0.05) is 35.5 Å². The van der Waals surface area contributed by atoms with Gasteiger partial charge >= 0.3 is 0 Å². The van der Waals surface area contributed by atoms with Crippen LogP contribution in [0.25, 0.3) is 16.8 Å². The number of pyridine rings is 1. The molecule has 2 aromatic heterocycles. The average Bonchev–Trinajstić information content (AvgIpc) is 2.81. The van der Waals surface area contributed by atoms with Gasteiger partial charge in [-0.15, -0.1) is 5.10 Å². The molecule has 5 heteroatoms. The second-order valence-electron chi connectivity index (χ2n) is 5.32. The van der Waals surface area contributed by atoms with Crippen LogP contribution in [-0.4, -0.2) is 30.5 Å². The molecule has 0 saturated heterocycles. The van der Waals surface area contributed by atoms with Crippen LogP contribution in [0.5, 0.6) is 0 Å². The van der Waals surface area contributed by atoms with E-state index in [9.17, 15) is 0 Å². The Bertz CT molecular complexity index is 777. The number of hydrogen-bond acceptors (Lipinski definition) is 2. The molecule has 0 N–H and O–H groups in total. The molecule has 0 bridgehead atoms. The highest BCUT2D eigenvalue weighted by Gasteiger charge is 2.34. The number of hydrogen-bond donors (Lipinski definition) is 0. The molecule has 0 aliphatic heterocycles. The molecule has 0 saturated carbocycles. The largest absolute Gasteiger partial charge is 0.220 e. The molecule has 0 spiro atoms. The van der Waals surface area contributed by atoms with E-state index in [1.807, 2.05) is 16.8 Å². The van der Waals surface area contributed by atoms with Crippen LogP contribution in [0.15, 0.2) is 42.6 Å². The van der Waals surface area contributed by atoms with Crippen LogP contribution in [0, 0.1) is 0 Å². The monoisotopic (exact) mass is 231 g/mol. The minimum Gasteiger partial charge on any atom is -0.220 e. The van der Waals surface area contributed by atoms with Gasteiger partial charge in [-0.3, -0.25) is 0 Å². The van der Waals surface area contributed by atoms with Gasteiger partial charge in [0.1, 0.15) is 21.4 Å². The van der Waals surface area contributed by atoms with E-state index >= 15 is 0 Å². The van der Waals surface area contributed by atoms with Gasteiger partial charge < -0.3 is 0 Å². The topological polar surface area (TPSA) is 30.2 Å². The predicted octanol–water partition coefficient (Wildman–Crippen LogP) is 0.177. The summed E-state index contributed by atoms with van der Waals surface area (Å²) in [4.78, 5) is 0. The maximum absolute atomic E-state index is 4.35. The van der Waals surface area contributed by atoms with Gasteiger partial charge in [0.25, 0.3) is 0 Å². The normalized spacial score (nSPS) is 15.6. The fraction of sp³-hybridized carbons (Fsp3) is 0.0769. The molecule has 3 aromatic rings. The molecule has 0 radical (unpaired) electrons. The Morgan fingerprint density at radius 3 is 2.67 bits per heavy atom. The third kappa shape index (κ3) is 1.02. The van der Waals surface area contributed by atoms with Gasteiger partial charge in [0, 0.05) is 11.8 Å². The van der Waals surface area contributed by atoms with Crippen molar-refractivity contribution >= 4 is 21.2 Å². The molecule has 1 aliphatic carbocycles. The number of benzene rings is 1. The minimum atomic E-state index is -0.00613. The minimum absolute atomic E-state index is 0.00613. The van der Waals surface area contributed by atoms with Gasteiger partial charge in [-0.2, -0.15) is 0 Å². The van der Waals surface area contributed by atoms with Crippen molar-refractivity contribution in [1.82, 2.24) is 14.8 Å². The molecule has 2 heterocycles. The molecule has 3 nitrogen and oxygen atoms in total. The smallest absolute Gasteiger partial charge is 0.121 e. The third-order valence-corrected chi connectivity index (χ3v) is 3.97. The Kier molecular flexibility index (Phi) is 1.68. The summed E-state index contributed by atoms with van der Waals surface area (Å²) in [5.74, 6) is 0. The number of aromatic nitrogens is 3. The SMILES string of the molecule is BC1(B)c2ccccc2-c2nnn3cccc1c23. The Morgan fingerprint density at radius 2 is 1.78 bits per heavy atom. The van der Waals surface area contributed by atoms with E-state index in [0.29, 0.717) is 0 Å². The fourth-order valence-corrected chi connectivity index (χ4v) is 3.01. The summed E-state index contributed by atoms with van der Waals surface area (Å²) in [6.45, 7) is 0. The molecule has 4 rings (SSSR count). The lowest BCUT2D eigenvalue weighted by Gasteiger charge is -2.32. The Labute approximate surface area is 107 Å². The highest BCUT2D eigenvalue weighted by Crippen LogP contribution is 2.42. The van der Waals surface area contributed by atoms with E-state index in [-0.39, 0.29) is 5.21 Å². The van der Waals surface area contributed by atoms with Crippen LogP contribution in [-0.2, 0) is 5.21 Å². The van der Waals surface area contributed by atoms with E-state index in [2.05, 4.69) is 56.3 Å². The van der Waals surface area contributed by atoms with E-state index in [1.165, 1.54) is 16.7 Å². The van der Waals surface area contributed by atoms with Crippen LogP contribution >= 0.6 is 0 Å². The van der Waals surface area contributed by atoms with E-state index in [1.54, 1.807) is 0 Å². The maximum atomic E-state index is 4.35. The second kappa shape index (κ2) is 3.05. The van der Waals surface area contributed by atoms with Crippen LogP contribution in [0.4, 0.5) is 0 Å². The zero-order chi connectivity index (χ0) is 12.3. The Hall–Kier alpha value is -2.03. The molecule has 84 valence electrons. The summed E-state index contributed by atoms with van der Waals surface area (Å²) in [7, 11) is 4.52. The van der Waals surface area contributed by atoms with Crippen molar-refractivity contribution in [2.75, 3.05) is 0 Å². The Morgan fingerprint density at radius 1 is 1.00 bits per heavy atom. The first-order chi connectivity index (χ1) is 8.69. The lowest BCUT2D eigenvalue weighted by Crippen LogP contribution is -2.32. The number of fused-ring (bicyclic) bond motifs is 2. The summed E-state index contributed by atoms with van der Waals surface area (Å²) < 4.78 is 1.88. The van der Waals surface area contributed by atoms with Gasteiger partial charge in [0.15, 0.2) is 0 Å². The van der Waals surface area contributed by atoms with Crippen LogP contribution in [0.3, 0.4) is 0 Å². The molecule has 0 amide bonds. The van der Waals surface area contributed by atoms with Crippen molar-refractivity contribution < 1.29 is 0 Å². The van der Waals surface area contributed by atoms with E-state index < -0.39 is 0 Å². The molecule has 1 aromatic carbocycles. The average molecular weight is 231 g/mol. The van der Waals surface area contributed by atoms with Crippen LogP contribution < -0.4 is 0 Å². The quantitative estimate of drug-likeness (QED) is 0.516. The zero-order valence-electron chi connectivity index (χ0n) is 10.4. The first kappa shape index (κ1) is 9.95. The predicted molar refractivity (Wildman–Crippen MR) is 76.3 cm³/mol. The summed E-state index contributed by atoms with van der Waals surface area (Å²) in [6.07, 6.45) is 1.96. The lowest BCUT2D eigenvalue weighted by atomic mass is 9.46. The number of nitrogens with zero attached hydrogens (tertiary/aromatic N) is 3. The summed E-state index contributed by atoms with van der Waals surface area (Å²) in [5.41, 5.74) is 5.97. The van der Waals surface area contributed by atoms with Crippen LogP contribution in [0.2, 0.25) is 0 Å². The van der Waals surface area contributed by atoms with Crippen molar-refractivity contribution in [1.29, 1.82) is 0 Å². The molecule has 0 atom stereocenters. The van der Waals surface area contributed by atoms with Crippen LogP contribution in [0.1, 0.15) is 11.1 Å². The zero-order valence-corrected chi connectivity index (χ0v) is 10.4. The van der Waals surface area contributed by atoms with Crippen molar-refractivity contribution in [3.8, 4) is 11.3 Å². The molecular weight excluding hydrogens is 220 g/mol. The lowest BCUT2D eigenvalue weighted by molar-refractivity contribution is 0.853. The molecular formula is C13H11B2N3. The highest BCUT2D eigenvalue weighted by molar-refractivity contribution is 6.44. The van der Waals surface area contributed by atoms with Gasteiger partial charge in [-0.25, -0.2) is 4.52 Å². The van der Waals surface area contributed by atoms with Crippen molar-refractivity contribution in [3.05, 3.63) is 53.7 Å². The first-order valence-corrected chi connectivity index (χ1v) is 6.14. The maximum Gasteiger partial charge on any atom is 0.121 e. The van der Waals surface area contributed by atoms with Crippen molar-refractivity contribution in [2.45, 2.75) is 5.21 Å². The van der Waals surface area contributed by atoms with Gasteiger partial charge in [0.2, 0.25) is 0 Å². The summed E-state index contributed by atoms with van der Waals surface area (Å²) in [5, 5.41) is 8.56. The number of rotatable bonds is 0. The van der Waals surface area contributed by atoms with Crippen molar-refractivity contribution in [3.63, 3.8) is 0 Å². The van der Waals surface area contributed by atoms with E-state index in [4.69, 9.17) is 0 Å². The molecule has 1 aliphatic rings. The Balaban J connectivity index is 2.27. The highest BCUT2D eigenvalue weighted by atomic mass is 15.4. The molecule has 0 fully saturated rings. The standard InChI is InChI=1S/C13H11B2N3/c14-13(15)9-5-2-1-4-8(9)11-12-10(13)6-3-7-18(12)17-16-11/h1-7H,14-15H2. The summed E-state index contributed by atoms with van der Waals surface area (Å²) in [6, 6.07) is 12.7. The van der Waals surface area contributed by atoms with Gasteiger partial charge in [0.05, 0.1) is 5.52 Å². The summed E-state index contributed by atoms with van der Waals surface area (Å²) >= 11 is 0. The van der Waals surface area contributed by atoms with Crippen molar-refractivity contribution in [2.24, 2.45) is 0 Å². The van der Waals surface area contributed by atoms with E-state index in [0.717, 1.165) is 11.2 Å². The fourth-order valence-electron chi connectivity index (χ4n) is 3.01. The second-order valence-corrected chi connectivity index (χ2v) is 5.32. The molecule has 18 heavy (non-hydrogen) atoms. The first-order valence-electron chi connectivity index (χ1n) is 6.14. The molecule has 0 unspecified atom stereocenters. The third-order valence-electron chi connectivity index (χ3n) is 3.97.